The van der Waals surface area contributed by atoms with E-state index in [0.717, 1.165) is 19.3 Å². The van der Waals surface area contributed by atoms with Gasteiger partial charge in [0, 0.05) is 12.6 Å². The van der Waals surface area contributed by atoms with Gasteiger partial charge in [-0.05, 0) is 58.9 Å². The predicted molar refractivity (Wildman–Crippen MR) is 87.4 cm³/mol. The molecule has 0 aromatic carbocycles. The van der Waals surface area contributed by atoms with Crippen LogP contribution >= 0.6 is 0 Å². The number of amides is 2. The highest BCUT2D eigenvalue weighted by Gasteiger charge is 2.25. The van der Waals surface area contributed by atoms with Gasteiger partial charge in [0.05, 0.1) is 12.6 Å². The Kier molecular flexibility index (Phi) is 6.43. The molecular formula is C17H29N3O2. The fraction of sp³-hybridized carbons (Fsp3) is 0.765. The smallest absolute Gasteiger partial charge is 0.237 e. The second-order valence-corrected chi connectivity index (χ2v) is 6.58. The molecule has 0 saturated heterocycles. The fourth-order valence-electron chi connectivity index (χ4n) is 2.69. The lowest BCUT2D eigenvalue weighted by molar-refractivity contribution is -0.127. The lowest BCUT2D eigenvalue weighted by Gasteiger charge is -2.23. The Morgan fingerprint density at radius 3 is 2.77 bits per heavy atom. The summed E-state index contributed by atoms with van der Waals surface area (Å²) in [7, 11) is 1.82. The number of hydrogen-bond donors (Lipinski definition) is 2. The van der Waals surface area contributed by atoms with E-state index in [4.69, 9.17) is 0 Å². The summed E-state index contributed by atoms with van der Waals surface area (Å²) in [5.74, 6) is 0.00939. The van der Waals surface area contributed by atoms with Gasteiger partial charge in [-0.3, -0.25) is 14.5 Å². The second kappa shape index (κ2) is 8.32. The zero-order chi connectivity index (χ0) is 15.9. The first-order valence-corrected chi connectivity index (χ1v) is 8.51. The lowest BCUT2D eigenvalue weighted by Crippen LogP contribution is -2.47. The van der Waals surface area contributed by atoms with Gasteiger partial charge >= 0.3 is 0 Å². The normalized spacial score (nSPS) is 19.5. The fourth-order valence-corrected chi connectivity index (χ4v) is 2.69. The van der Waals surface area contributed by atoms with Crippen LogP contribution in [0.1, 0.15) is 51.9 Å². The van der Waals surface area contributed by atoms with Gasteiger partial charge in [-0.1, -0.05) is 11.6 Å². The van der Waals surface area contributed by atoms with E-state index < -0.39 is 0 Å². The van der Waals surface area contributed by atoms with Gasteiger partial charge in [-0.25, -0.2) is 0 Å². The van der Waals surface area contributed by atoms with E-state index in [9.17, 15) is 9.59 Å². The molecule has 1 fully saturated rings. The highest BCUT2D eigenvalue weighted by Crippen LogP contribution is 2.19. The Morgan fingerprint density at radius 2 is 2.14 bits per heavy atom. The van der Waals surface area contributed by atoms with Crippen LogP contribution in [-0.4, -0.2) is 48.9 Å². The van der Waals surface area contributed by atoms with E-state index >= 15 is 0 Å². The van der Waals surface area contributed by atoms with Gasteiger partial charge < -0.3 is 10.6 Å². The van der Waals surface area contributed by atoms with Gasteiger partial charge in [0.25, 0.3) is 0 Å². The molecule has 2 N–H and O–H groups in total. The molecule has 2 rings (SSSR count). The summed E-state index contributed by atoms with van der Waals surface area (Å²) < 4.78 is 0. The molecule has 5 nitrogen and oxygen atoms in total. The van der Waals surface area contributed by atoms with Crippen molar-refractivity contribution in [3.8, 4) is 0 Å². The molecule has 1 atom stereocenters. The van der Waals surface area contributed by atoms with Crippen LogP contribution in [-0.2, 0) is 9.59 Å². The summed E-state index contributed by atoms with van der Waals surface area (Å²) in [4.78, 5) is 25.7. The average Bonchev–Trinajstić information content (AvgIpc) is 3.31. The molecule has 0 aromatic heterocycles. The predicted octanol–water partition coefficient (Wildman–Crippen LogP) is 1.59. The number of likely N-dealkylation sites (N-methyl/N-ethyl adjacent to an activating group) is 1. The van der Waals surface area contributed by atoms with Crippen molar-refractivity contribution in [3.63, 3.8) is 0 Å². The molecule has 0 bridgehead atoms. The van der Waals surface area contributed by atoms with E-state index in [0.29, 0.717) is 12.6 Å². The van der Waals surface area contributed by atoms with Gasteiger partial charge in [-0.2, -0.15) is 0 Å². The number of allylic oxidation sites excluding steroid dienone is 1. The standard InChI is InChI=1S/C17H29N3O2/c1-13(20(2)12-16(21)19-15-8-9-15)17(22)18-11-10-14-6-4-3-5-7-14/h6,13,15H,3-5,7-12H2,1-2H3,(H,18,22)(H,19,21)/t13-/m0/s1. The second-order valence-electron chi connectivity index (χ2n) is 6.58. The summed E-state index contributed by atoms with van der Waals surface area (Å²) in [6, 6.07) is 0.0825. The van der Waals surface area contributed by atoms with Crippen LogP contribution in [0, 0.1) is 0 Å². The van der Waals surface area contributed by atoms with Crippen LogP contribution in [0.4, 0.5) is 0 Å². The van der Waals surface area contributed by atoms with E-state index in [1.807, 2.05) is 14.0 Å². The molecule has 22 heavy (non-hydrogen) atoms. The van der Waals surface area contributed by atoms with Gasteiger partial charge in [0.2, 0.25) is 11.8 Å². The third-order valence-electron chi connectivity index (χ3n) is 4.51. The molecule has 124 valence electrons. The molecule has 0 heterocycles. The van der Waals surface area contributed by atoms with Crippen LogP contribution in [0.5, 0.6) is 0 Å². The Balaban J connectivity index is 1.64. The summed E-state index contributed by atoms with van der Waals surface area (Å²) in [5, 5.41) is 5.93. The first kappa shape index (κ1) is 17.0. The van der Waals surface area contributed by atoms with E-state index in [1.165, 1.54) is 31.3 Å². The molecule has 2 amide bonds. The number of carbonyl (C=O) groups is 2. The van der Waals surface area contributed by atoms with E-state index in [1.54, 1.807) is 4.90 Å². The highest BCUT2D eigenvalue weighted by molar-refractivity contribution is 5.83. The van der Waals surface area contributed by atoms with Crippen LogP contribution in [0.25, 0.3) is 0 Å². The Hall–Kier alpha value is -1.36. The zero-order valence-corrected chi connectivity index (χ0v) is 13.9. The molecule has 0 aliphatic heterocycles. The summed E-state index contributed by atoms with van der Waals surface area (Å²) in [5.41, 5.74) is 1.47. The van der Waals surface area contributed by atoms with Crippen LogP contribution in [0.15, 0.2) is 11.6 Å². The Bertz CT molecular complexity index is 430. The maximum Gasteiger partial charge on any atom is 0.237 e. The first-order chi connectivity index (χ1) is 10.6. The molecule has 2 aliphatic rings. The van der Waals surface area contributed by atoms with Crippen molar-refractivity contribution in [2.45, 2.75) is 64.0 Å². The van der Waals surface area contributed by atoms with Gasteiger partial charge in [0.15, 0.2) is 0 Å². The SMILES string of the molecule is C[C@@H](C(=O)NCCC1=CCCCC1)N(C)CC(=O)NC1CC1. The number of rotatable bonds is 8. The first-order valence-electron chi connectivity index (χ1n) is 8.51. The summed E-state index contributed by atoms with van der Waals surface area (Å²) in [6.07, 6.45) is 10.3. The Morgan fingerprint density at radius 1 is 1.36 bits per heavy atom. The third-order valence-corrected chi connectivity index (χ3v) is 4.51. The molecule has 2 aliphatic carbocycles. The van der Waals surface area contributed by atoms with Crippen molar-refractivity contribution in [1.29, 1.82) is 0 Å². The van der Waals surface area contributed by atoms with Crippen molar-refractivity contribution < 1.29 is 9.59 Å². The largest absolute Gasteiger partial charge is 0.354 e. The molecular weight excluding hydrogens is 278 g/mol. The molecule has 5 heteroatoms. The molecule has 0 unspecified atom stereocenters. The minimum atomic E-state index is -0.287. The maximum atomic E-state index is 12.1. The minimum Gasteiger partial charge on any atom is -0.354 e. The van der Waals surface area contributed by atoms with Gasteiger partial charge in [-0.15, -0.1) is 0 Å². The number of carbonyl (C=O) groups excluding carboxylic acids is 2. The molecule has 0 spiro atoms. The van der Waals surface area contributed by atoms with E-state index in [2.05, 4.69) is 16.7 Å². The average molecular weight is 307 g/mol. The van der Waals surface area contributed by atoms with Crippen molar-refractivity contribution in [1.82, 2.24) is 15.5 Å². The quantitative estimate of drug-likeness (QED) is 0.670. The summed E-state index contributed by atoms with van der Waals surface area (Å²) >= 11 is 0. The minimum absolute atomic E-state index is 0.00173. The monoisotopic (exact) mass is 307 g/mol. The van der Waals surface area contributed by atoms with Crippen molar-refractivity contribution in [2.24, 2.45) is 0 Å². The van der Waals surface area contributed by atoms with Crippen molar-refractivity contribution in [3.05, 3.63) is 11.6 Å². The Labute approximate surface area is 133 Å². The van der Waals surface area contributed by atoms with Gasteiger partial charge in [0.1, 0.15) is 0 Å². The summed E-state index contributed by atoms with van der Waals surface area (Å²) in [6.45, 7) is 2.81. The van der Waals surface area contributed by atoms with Crippen molar-refractivity contribution in [2.75, 3.05) is 20.1 Å². The zero-order valence-electron chi connectivity index (χ0n) is 13.9. The molecule has 0 aromatic rings. The maximum absolute atomic E-state index is 12.1. The number of nitrogens with zero attached hydrogens (tertiary/aromatic N) is 1. The topological polar surface area (TPSA) is 61.4 Å². The van der Waals surface area contributed by atoms with Crippen molar-refractivity contribution >= 4 is 11.8 Å². The van der Waals surface area contributed by atoms with E-state index in [-0.39, 0.29) is 24.4 Å². The highest BCUT2D eigenvalue weighted by atomic mass is 16.2. The lowest BCUT2D eigenvalue weighted by atomic mass is 9.97. The molecule has 1 saturated carbocycles. The van der Waals surface area contributed by atoms with Crippen LogP contribution < -0.4 is 10.6 Å². The number of nitrogens with one attached hydrogen (secondary N) is 2. The van der Waals surface area contributed by atoms with Crippen LogP contribution in [0.3, 0.4) is 0 Å². The van der Waals surface area contributed by atoms with Crippen LogP contribution in [0.2, 0.25) is 0 Å². The number of hydrogen-bond acceptors (Lipinski definition) is 3. The third kappa shape index (κ3) is 5.79. The molecule has 0 radical (unpaired) electrons.